The molecule has 3 rings (SSSR count). The molecule has 16 heteroatoms. The van der Waals surface area contributed by atoms with Crippen LogP contribution in [-0.2, 0) is 12.1 Å². The second-order valence-electron chi connectivity index (χ2n) is 9.24. The van der Waals surface area contributed by atoms with E-state index in [2.05, 4.69) is 25.4 Å². The van der Waals surface area contributed by atoms with Crippen LogP contribution in [0, 0.1) is 5.82 Å². The number of alkyl halides is 6. The highest BCUT2D eigenvalue weighted by Crippen LogP contribution is 2.32. The van der Waals surface area contributed by atoms with E-state index in [0.717, 1.165) is 37.1 Å². The van der Waals surface area contributed by atoms with Gasteiger partial charge in [0.1, 0.15) is 17.6 Å². The number of anilines is 1. The molecule has 1 aromatic carbocycles. The highest BCUT2D eigenvalue weighted by Gasteiger charge is 2.37. The zero-order chi connectivity index (χ0) is 30.5. The molecule has 0 fully saturated rings. The molecule has 9 nitrogen and oxygen atoms in total. The third-order valence-electron chi connectivity index (χ3n) is 5.67. The summed E-state index contributed by atoms with van der Waals surface area (Å²) in [6.45, 7) is 1.81. The molecule has 0 saturated carbocycles. The Balaban J connectivity index is 1.70. The van der Waals surface area contributed by atoms with Gasteiger partial charge >= 0.3 is 6.18 Å². The fraction of sp³-hybridized carbons (Fsp3) is 0.360. The molecule has 0 aliphatic rings. The summed E-state index contributed by atoms with van der Waals surface area (Å²) in [6, 6.07) is 1.17. The number of halogens is 7. The molecule has 0 amide bonds. The Hall–Kier alpha value is -4.37. The van der Waals surface area contributed by atoms with Crippen molar-refractivity contribution in [1.29, 1.82) is 0 Å². The average Bonchev–Trinajstić information content (AvgIpc) is 2.86. The number of nitrogens with zero attached hydrogens (tertiary/aromatic N) is 5. The van der Waals surface area contributed by atoms with E-state index in [9.17, 15) is 40.3 Å². The number of hydrogen-bond donors (Lipinski definition) is 2. The van der Waals surface area contributed by atoms with Crippen molar-refractivity contribution < 1.29 is 35.5 Å². The molecule has 2 heterocycles. The van der Waals surface area contributed by atoms with Crippen molar-refractivity contribution in [3.8, 4) is 11.4 Å². The first-order valence-electron chi connectivity index (χ1n) is 11.9. The Morgan fingerprint density at radius 2 is 1.80 bits per heavy atom. The van der Waals surface area contributed by atoms with E-state index in [1.807, 2.05) is 0 Å². The number of nitrogens with one attached hydrogen (secondary N) is 2. The van der Waals surface area contributed by atoms with Gasteiger partial charge in [0.25, 0.3) is 11.5 Å². The lowest BCUT2D eigenvalue weighted by molar-refractivity contribution is -0.138. The maximum atomic E-state index is 14.7. The molecule has 2 unspecified atom stereocenters. The number of carbonyl (C=O) groups excluding carboxylic acids is 1. The number of hydrogen-bond acceptors (Lipinski definition) is 7. The van der Waals surface area contributed by atoms with E-state index in [1.165, 1.54) is 18.9 Å². The zero-order valence-electron chi connectivity index (χ0n) is 21.8. The minimum absolute atomic E-state index is 0.0383. The van der Waals surface area contributed by atoms with Crippen LogP contribution in [0.2, 0.25) is 0 Å². The number of aldehydes is 1. The fourth-order valence-corrected chi connectivity index (χ4v) is 3.74. The van der Waals surface area contributed by atoms with Gasteiger partial charge in [0.15, 0.2) is 12.1 Å². The van der Waals surface area contributed by atoms with Crippen LogP contribution < -0.4 is 10.9 Å². The molecule has 41 heavy (non-hydrogen) atoms. The van der Waals surface area contributed by atoms with Gasteiger partial charge in [0.2, 0.25) is 0 Å². The van der Waals surface area contributed by atoms with Gasteiger partial charge < -0.3 is 10.2 Å². The van der Waals surface area contributed by atoms with E-state index >= 15 is 0 Å². The second kappa shape index (κ2) is 12.4. The maximum absolute atomic E-state index is 14.7. The highest BCUT2D eigenvalue weighted by molar-refractivity contribution is 5.86. The Kier molecular flexibility index (Phi) is 9.45. The van der Waals surface area contributed by atoms with Crippen molar-refractivity contribution >= 4 is 24.0 Å². The van der Waals surface area contributed by atoms with Crippen LogP contribution in [0.15, 0.2) is 40.5 Å². The summed E-state index contributed by atoms with van der Waals surface area (Å²) in [7, 11) is 1.44. The van der Waals surface area contributed by atoms with Crippen LogP contribution in [0.3, 0.4) is 0 Å². The van der Waals surface area contributed by atoms with Crippen molar-refractivity contribution in [1.82, 2.24) is 25.1 Å². The van der Waals surface area contributed by atoms with Crippen LogP contribution >= 0.6 is 0 Å². The van der Waals surface area contributed by atoms with Crippen molar-refractivity contribution in [3.63, 3.8) is 0 Å². The SMILES string of the molecule is CC(CC(F)CN(C)C=Nc1cc(-c2ncc(C(C)(F)F)cn2)c(F)cc1C=O)Nc1cn[nH]c(=O)c1C(F)(F)F. The molecule has 2 aromatic heterocycles. The summed E-state index contributed by atoms with van der Waals surface area (Å²) in [5.41, 5.74) is -4.40. The van der Waals surface area contributed by atoms with Crippen molar-refractivity contribution in [2.75, 3.05) is 18.9 Å². The quantitative estimate of drug-likeness (QED) is 0.138. The van der Waals surface area contributed by atoms with Gasteiger partial charge in [-0.25, -0.2) is 37.6 Å². The number of aromatic nitrogens is 4. The Morgan fingerprint density at radius 3 is 2.39 bits per heavy atom. The minimum atomic E-state index is -4.95. The molecule has 0 radical (unpaired) electrons. The van der Waals surface area contributed by atoms with Crippen LogP contribution in [0.1, 0.15) is 41.8 Å². The molecule has 220 valence electrons. The van der Waals surface area contributed by atoms with Crippen LogP contribution in [0.5, 0.6) is 0 Å². The minimum Gasteiger partial charge on any atom is -0.381 e. The lowest BCUT2D eigenvalue weighted by Crippen LogP contribution is -2.31. The summed E-state index contributed by atoms with van der Waals surface area (Å²) in [6.07, 6.45) is -2.82. The standard InChI is InChI=1S/C25H24F7N7O2/c1-13(37-20-9-36-38-23(41)21(20)25(30,31)32)4-16(26)10-39(3)12-35-19-6-17(18(27)5-14(19)11-40)22-33-7-15(8-34-22)24(2,28)29/h5-9,11-13,16H,4,10H2,1-3H3,(H2,37,38,41). The zero-order valence-corrected chi connectivity index (χ0v) is 21.8. The smallest absolute Gasteiger partial charge is 0.381 e. The first-order chi connectivity index (χ1) is 19.1. The normalized spacial score (nSPS) is 13.7. The van der Waals surface area contributed by atoms with Crippen LogP contribution in [-0.4, -0.2) is 63.5 Å². The topological polar surface area (TPSA) is 116 Å². The van der Waals surface area contributed by atoms with Gasteiger partial charge in [-0.2, -0.15) is 18.3 Å². The van der Waals surface area contributed by atoms with Gasteiger partial charge in [-0.05, 0) is 19.1 Å². The largest absolute Gasteiger partial charge is 0.423 e. The molecular formula is C25H24F7N7O2. The molecule has 0 spiro atoms. The Bertz CT molecular complexity index is 1450. The summed E-state index contributed by atoms with van der Waals surface area (Å²) in [5, 5.41) is 7.50. The number of rotatable bonds is 11. The maximum Gasteiger partial charge on any atom is 0.423 e. The van der Waals surface area contributed by atoms with Gasteiger partial charge in [-0.3, -0.25) is 9.59 Å². The van der Waals surface area contributed by atoms with E-state index in [1.54, 1.807) is 5.10 Å². The summed E-state index contributed by atoms with van der Waals surface area (Å²) >= 11 is 0. The van der Waals surface area contributed by atoms with Crippen molar-refractivity contribution in [3.05, 3.63) is 63.6 Å². The summed E-state index contributed by atoms with van der Waals surface area (Å²) in [4.78, 5) is 35.9. The van der Waals surface area contributed by atoms with E-state index < -0.39 is 52.5 Å². The molecule has 2 atom stereocenters. The lowest BCUT2D eigenvalue weighted by Gasteiger charge is -2.22. The van der Waals surface area contributed by atoms with Crippen molar-refractivity contribution in [2.45, 2.75) is 44.6 Å². The molecule has 0 saturated heterocycles. The summed E-state index contributed by atoms with van der Waals surface area (Å²) in [5.74, 6) is -4.33. The van der Waals surface area contributed by atoms with E-state index in [-0.39, 0.29) is 35.6 Å². The van der Waals surface area contributed by atoms with E-state index in [0.29, 0.717) is 13.2 Å². The van der Waals surface area contributed by atoms with Gasteiger partial charge in [0.05, 0.1) is 35.0 Å². The first-order valence-corrected chi connectivity index (χ1v) is 11.9. The number of aliphatic imine (C=N–C) groups is 1. The average molecular weight is 588 g/mol. The number of carbonyl (C=O) groups is 1. The van der Waals surface area contributed by atoms with Crippen LogP contribution in [0.25, 0.3) is 11.4 Å². The molecular weight excluding hydrogens is 563 g/mol. The molecule has 2 N–H and O–H groups in total. The molecule has 0 aliphatic heterocycles. The van der Waals surface area contributed by atoms with Gasteiger partial charge in [-0.15, -0.1) is 0 Å². The Morgan fingerprint density at radius 1 is 1.15 bits per heavy atom. The van der Waals surface area contributed by atoms with Crippen molar-refractivity contribution in [2.24, 2.45) is 4.99 Å². The first kappa shape index (κ1) is 31.2. The molecule has 0 bridgehead atoms. The number of benzene rings is 1. The predicted octanol–water partition coefficient (Wildman–Crippen LogP) is 5.13. The third kappa shape index (κ3) is 8.08. The second-order valence-corrected chi connectivity index (χ2v) is 9.24. The number of aromatic amines is 1. The fourth-order valence-electron chi connectivity index (χ4n) is 3.74. The monoisotopic (exact) mass is 587 g/mol. The number of H-pyrrole nitrogens is 1. The predicted molar refractivity (Wildman–Crippen MR) is 136 cm³/mol. The molecule has 3 aromatic rings. The summed E-state index contributed by atoms with van der Waals surface area (Å²) < 4.78 is 95.8. The van der Waals surface area contributed by atoms with Gasteiger partial charge in [-0.1, -0.05) is 0 Å². The van der Waals surface area contributed by atoms with Gasteiger partial charge in [0, 0.05) is 50.9 Å². The van der Waals surface area contributed by atoms with Crippen LogP contribution in [0.4, 0.5) is 42.1 Å². The Labute approximate surface area is 228 Å². The lowest BCUT2D eigenvalue weighted by atomic mass is 10.1. The highest BCUT2D eigenvalue weighted by atomic mass is 19.4. The van der Waals surface area contributed by atoms with E-state index in [4.69, 9.17) is 0 Å². The molecule has 0 aliphatic carbocycles. The third-order valence-corrected chi connectivity index (χ3v) is 5.67.